The fourth-order valence-electron chi connectivity index (χ4n) is 1.06. The molecule has 0 aliphatic carbocycles. The van der Waals surface area contributed by atoms with Crippen molar-refractivity contribution in [1.29, 1.82) is 0 Å². The first-order chi connectivity index (χ1) is 6.16. The fourth-order valence-corrected chi connectivity index (χ4v) is 1.82. The number of hydrogen-bond donors (Lipinski definition) is 0. The molecule has 72 valence electrons. The zero-order chi connectivity index (χ0) is 9.84. The van der Waals surface area contributed by atoms with Crippen molar-refractivity contribution in [2.75, 3.05) is 13.6 Å². The standard InChI is InChI=1S/C9H12FNOS/c1-3-5-11(2)9(12)8-7(10)4-6-13-8/h4,6H,3,5H2,1-2H3. The average Bonchev–Trinajstić information content (AvgIpc) is 2.50. The predicted molar refractivity (Wildman–Crippen MR) is 51.5 cm³/mol. The number of rotatable bonds is 3. The third kappa shape index (κ3) is 2.28. The highest BCUT2D eigenvalue weighted by Gasteiger charge is 2.16. The Kier molecular flexibility index (Phi) is 3.42. The Hall–Kier alpha value is -0.900. The number of carbonyl (C=O) groups excluding carboxylic acids is 1. The number of carbonyl (C=O) groups is 1. The van der Waals surface area contributed by atoms with E-state index in [1.54, 1.807) is 12.4 Å². The summed E-state index contributed by atoms with van der Waals surface area (Å²) >= 11 is 1.15. The summed E-state index contributed by atoms with van der Waals surface area (Å²) in [4.78, 5) is 13.3. The maximum Gasteiger partial charge on any atom is 0.266 e. The van der Waals surface area contributed by atoms with E-state index in [0.717, 1.165) is 17.8 Å². The van der Waals surface area contributed by atoms with Crippen LogP contribution in [-0.4, -0.2) is 24.4 Å². The van der Waals surface area contributed by atoms with Gasteiger partial charge in [0.1, 0.15) is 10.7 Å². The van der Waals surface area contributed by atoms with Crippen LogP contribution < -0.4 is 0 Å². The van der Waals surface area contributed by atoms with E-state index in [4.69, 9.17) is 0 Å². The van der Waals surface area contributed by atoms with Crippen LogP contribution >= 0.6 is 11.3 Å². The van der Waals surface area contributed by atoms with Crippen LogP contribution in [-0.2, 0) is 0 Å². The highest BCUT2D eigenvalue weighted by atomic mass is 32.1. The van der Waals surface area contributed by atoms with Gasteiger partial charge in [0.15, 0.2) is 0 Å². The second-order valence-corrected chi connectivity index (χ2v) is 3.74. The van der Waals surface area contributed by atoms with Gasteiger partial charge in [0.25, 0.3) is 5.91 Å². The molecular weight excluding hydrogens is 189 g/mol. The van der Waals surface area contributed by atoms with Crippen molar-refractivity contribution in [3.8, 4) is 0 Å². The first-order valence-corrected chi connectivity index (χ1v) is 5.03. The highest BCUT2D eigenvalue weighted by Crippen LogP contribution is 2.16. The third-order valence-electron chi connectivity index (χ3n) is 1.72. The van der Waals surface area contributed by atoms with Gasteiger partial charge in [-0.25, -0.2) is 4.39 Å². The first-order valence-electron chi connectivity index (χ1n) is 4.15. The van der Waals surface area contributed by atoms with Crippen LogP contribution in [0.4, 0.5) is 4.39 Å². The molecule has 1 aromatic rings. The van der Waals surface area contributed by atoms with Gasteiger partial charge in [-0.05, 0) is 17.9 Å². The molecule has 0 saturated heterocycles. The predicted octanol–water partition coefficient (Wildman–Crippen LogP) is 2.37. The lowest BCUT2D eigenvalue weighted by molar-refractivity contribution is 0.0796. The SMILES string of the molecule is CCCN(C)C(=O)c1sccc1F. The molecule has 0 unspecified atom stereocenters. The molecule has 4 heteroatoms. The quantitative estimate of drug-likeness (QED) is 0.735. The number of thiophene rings is 1. The third-order valence-corrected chi connectivity index (χ3v) is 2.59. The summed E-state index contributed by atoms with van der Waals surface area (Å²) in [7, 11) is 1.69. The van der Waals surface area contributed by atoms with Gasteiger partial charge < -0.3 is 4.90 Å². The van der Waals surface area contributed by atoms with Gasteiger partial charge in [-0.15, -0.1) is 11.3 Å². The molecule has 0 aromatic carbocycles. The molecule has 1 amide bonds. The molecule has 0 saturated carbocycles. The molecule has 2 nitrogen and oxygen atoms in total. The van der Waals surface area contributed by atoms with E-state index in [-0.39, 0.29) is 10.8 Å². The molecule has 0 spiro atoms. The molecule has 0 bridgehead atoms. The lowest BCUT2D eigenvalue weighted by Gasteiger charge is -2.14. The van der Waals surface area contributed by atoms with E-state index in [2.05, 4.69) is 0 Å². The van der Waals surface area contributed by atoms with E-state index in [1.807, 2.05) is 6.92 Å². The Bertz CT molecular complexity index is 298. The second-order valence-electron chi connectivity index (χ2n) is 2.82. The molecule has 1 heterocycles. The molecule has 0 atom stereocenters. The van der Waals surface area contributed by atoms with Crippen LogP contribution in [0.25, 0.3) is 0 Å². The van der Waals surface area contributed by atoms with E-state index in [9.17, 15) is 9.18 Å². The molecule has 1 rings (SSSR count). The smallest absolute Gasteiger partial charge is 0.266 e. The van der Waals surface area contributed by atoms with Crippen LogP contribution in [0, 0.1) is 5.82 Å². The largest absolute Gasteiger partial charge is 0.341 e. The molecule has 0 aliphatic rings. The van der Waals surface area contributed by atoms with E-state index in [1.165, 1.54) is 11.0 Å². The number of amides is 1. The lowest BCUT2D eigenvalue weighted by Crippen LogP contribution is -2.27. The normalized spacial score (nSPS) is 10.1. The molecule has 0 radical (unpaired) electrons. The number of nitrogens with zero attached hydrogens (tertiary/aromatic N) is 1. The minimum Gasteiger partial charge on any atom is -0.341 e. The monoisotopic (exact) mass is 201 g/mol. The van der Waals surface area contributed by atoms with E-state index < -0.39 is 5.82 Å². The molecule has 0 aliphatic heterocycles. The van der Waals surface area contributed by atoms with E-state index >= 15 is 0 Å². The van der Waals surface area contributed by atoms with Crippen LogP contribution in [0.5, 0.6) is 0 Å². The van der Waals surface area contributed by atoms with Crippen molar-refractivity contribution in [2.45, 2.75) is 13.3 Å². The highest BCUT2D eigenvalue weighted by molar-refractivity contribution is 7.12. The second kappa shape index (κ2) is 4.37. The van der Waals surface area contributed by atoms with Crippen LogP contribution in [0.2, 0.25) is 0 Å². The molecule has 0 N–H and O–H groups in total. The summed E-state index contributed by atoms with van der Waals surface area (Å²) in [6.07, 6.45) is 0.884. The maximum atomic E-state index is 13.0. The van der Waals surface area contributed by atoms with Gasteiger partial charge in [-0.3, -0.25) is 4.79 Å². The summed E-state index contributed by atoms with van der Waals surface area (Å²) in [5.41, 5.74) is 0. The van der Waals surface area contributed by atoms with Crippen LogP contribution in [0.15, 0.2) is 11.4 Å². The first kappa shape index (κ1) is 10.2. The maximum absolute atomic E-state index is 13.0. The van der Waals surface area contributed by atoms with Crippen LogP contribution in [0.1, 0.15) is 23.0 Å². The fraction of sp³-hybridized carbons (Fsp3) is 0.444. The topological polar surface area (TPSA) is 20.3 Å². The zero-order valence-corrected chi connectivity index (χ0v) is 8.53. The van der Waals surface area contributed by atoms with Crippen molar-refractivity contribution < 1.29 is 9.18 Å². The van der Waals surface area contributed by atoms with Crippen molar-refractivity contribution >= 4 is 17.2 Å². The zero-order valence-electron chi connectivity index (χ0n) is 7.71. The number of hydrogen-bond acceptors (Lipinski definition) is 2. The van der Waals surface area contributed by atoms with E-state index in [0.29, 0.717) is 6.54 Å². The Labute approximate surface area is 81.0 Å². The molecule has 0 fully saturated rings. The molecule has 1 aromatic heterocycles. The Morgan fingerprint density at radius 1 is 1.69 bits per heavy atom. The summed E-state index contributed by atoms with van der Waals surface area (Å²) in [6, 6.07) is 1.32. The summed E-state index contributed by atoms with van der Waals surface area (Å²) < 4.78 is 13.0. The van der Waals surface area contributed by atoms with Crippen LogP contribution in [0.3, 0.4) is 0 Å². The van der Waals surface area contributed by atoms with Gasteiger partial charge in [-0.2, -0.15) is 0 Å². The van der Waals surface area contributed by atoms with Gasteiger partial charge in [0.05, 0.1) is 0 Å². The summed E-state index contributed by atoms with van der Waals surface area (Å²) in [6.45, 7) is 2.64. The summed E-state index contributed by atoms with van der Waals surface area (Å²) in [5, 5.41) is 1.59. The number of halogens is 1. The van der Waals surface area contributed by atoms with Crippen molar-refractivity contribution in [3.05, 3.63) is 22.1 Å². The van der Waals surface area contributed by atoms with Gasteiger partial charge in [-0.1, -0.05) is 6.92 Å². The Morgan fingerprint density at radius 2 is 2.38 bits per heavy atom. The van der Waals surface area contributed by atoms with Crippen molar-refractivity contribution in [1.82, 2.24) is 4.90 Å². The summed E-state index contributed by atoms with van der Waals surface area (Å²) in [5.74, 6) is -0.646. The van der Waals surface area contributed by atoms with Gasteiger partial charge >= 0.3 is 0 Å². The van der Waals surface area contributed by atoms with Crippen molar-refractivity contribution in [2.24, 2.45) is 0 Å². The minimum atomic E-state index is -0.419. The Balaban J connectivity index is 2.73. The lowest BCUT2D eigenvalue weighted by atomic mass is 10.3. The van der Waals surface area contributed by atoms with Gasteiger partial charge in [0, 0.05) is 13.6 Å². The minimum absolute atomic E-state index is 0.205. The van der Waals surface area contributed by atoms with Crippen molar-refractivity contribution in [3.63, 3.8) is 0 Å². The molecule has 13 heavy (non-hydrogen) atoms. The molecular formula is C9H12FNOS. The Morgan fingerprint density at radius 3 is 2.85 bits per heavy atom. The van der Waals surface area contributed by atoms with Gasteiger partial charge in [0.2, 0.25) is 0 Å². The average molecular weight is 201 g/mol.